The van der Waals surface area contributed by atoms with Gasteiger partial charge in [-0.1, -0.05) is 31.4 Å². The third-order valence-electron chi connectivity index (χ3n) is 5.75. The zero-order valence-corrected chi connectivity index (χ0v) is 17.1. The standard InChI is InChI=1S/C24H28FN3O2/c25-19-10-12-20(13-11-19)30-17-16-28-22-9-5-4-8-21(22)27-23(28)14-15-26-24(29)18-6-2-1-3-7-18/h4-5,8-13,18H,1-3,6-7,14-17H2,(H,26,29). The smallest absolute Gasteiger partial charge is 0.223 e. The number of nitrogens with one attached hydrogen (secondary N) is 1. The van der Waals surface area contributed by atoms with Crippen molar-refractivity contribution in [1.29, 1.82) is 0 Å². The average Bonchev–Trinajstić information content (AvgIpc) is 3.13. The summed E-state index contributed by atoms with van der Waals surface area (Å²) >= 11 is 0. The number of carbonyl (C=O) groups is 1. The largest absolute Gasteiger partial charge is 0.492 e. The quantitative estimate of drug-likeness (QED) is 0.596. The second kappa shape index (κ2) is 9.74. The molecule has 0 saturated heterocycles. The number of imidazole rings is 1. The minimum absolute atomic E-state index is 0.168. The molecule has 30 heavy (non-hydrogen) atoms. The van der Waals surface area contributed by atoms with Gasteiger partial charge in [0, 0.05) is 18.9 Å². The van der Waals surface area contributed by atoms with E-state index >= 15 is 0 Å². The summed E-state index contributed by atoms with van der Waals surface area (Å²) < 4.78 is 21.0. The van der Waals surface area contributed by atoms with Crippen molar-refractivity contribution in [3.63, 3.8) is 0 Å². The minimum Gasteiger partial charge on any atom is -0.492 e. The van der Waals surface area contributed by atoms with Crippen molar-refractivity contribution in [2.24, 2.45) is 5.92 Å². The number of amides is 1. The lowest BCUT2D eigenvalue weighted by Gasteiger charge is -2.20. The molecule has 1 N–H and O–H groups in total. The number of halogens is 1. The van der Waals surface area contributed by atoms with Crippen LogP contribution in [0.15, 0.2) is 48.5 Å². The van der Waals surface area contributed by atoms with E-state index in [1.54, 1.807) is 12.1 Å². The fourth-order valence-corrected chi connectivity index (χ4v) is 4.16. The van der Waals surface area contributed by atoms with Crippen LogP contribution in [-0.2, 0) is 17.8 Å². The fourth-order valence-electron chi connectivity index (χ4n) is 4.16. The van der Waals surface area contributed by atoms with Crippen LogP contribution in [0.2, 0.25) is 0 Å². The number of carbonyl (C=O) groups excluding carboxylic acids is 1. The SMILES string of the molecule is O=C(NCCc1nc2ccccc2n1CCOc1ccc(F)cc1)C1CCCCC1. The Hall–Kier alpha value is -2.89. The van der Waals surface area contributed by atoms with Crippen LogP contribution in [0.4, 0.5) is 4.39 Å². The summed E-state index contributed by atoms with van der Waals surface area (Å²) in [5.74, 6) is 1.64. The Morgan fingerprint density at radius 1 is 1.10 bits per heavy atom. The lowest BCUT2D eigenvalue weighted by molar-refractivity contribution is -0.125. The van der Waals surface area contributed by atoms with Gasteiger partial charge >= 0.3 is 0 Å². The number of ether oxygens (including phenoxy) is 1. The van der Waals surface area contributed by atoms with Gasteiger partial charge in [0.15, 0.2) is 0 Å². The van der Waals surface area contributed by atoms with Gasteiger partial charge < -0.3 is 14.6 Å². The van der Waals surface area contributed by atoms with E-state index < -0.39 is 0 Å². The fraction of sp³-hybridized carbons (Fsp3) is 0.417. The van der Waals surface area contributed by atoms with Gasteiger partial charge in [0.2, 0.25) is 5.91 Å². The van der Waals surface area contributed by atoms with E-state index in [0.717, 1.165) is 42.5 Å². The van der Waals surface area contributed by atoms with Crippen LogP contribution < -0.4 is 10.1 Å². The molecule has 0 aliphatic heterocycles. The van der Waals surface area contributed by atoms with Crippen LogP contribution in [-0.4, -0.2) is 28.6 Å². The first-order valence-electron chi connectivity index (χ1n) is 10.8. The number of benzene rings is 2. The lowest BCUT2D eigenvalue weighted by atomic mass is 9.89. The van der Waals surface area contributed by atoms with Gasteiger partial charge in [0.1, 0.15) is 24.0 Å². The lowest BCUT2D eigenvalue weighted by Crippen LogP contribution is -2.33. The normalized spacial score (nSPS) is 14.7. The van der Waals surface area contributed by atoms with E-state index in [-0.39, 0.29) is 17.6 Å². The predicted octanol–water partition coefficient (Wildman–Crippen LogP) is 4.49. The van der Waals surface area contributed by atoms with Crippen molar-refractivity contribution in [2.45, 2.75) is 45.1 Å². The zero-order chi connectivity index (χ0) is 20.8. The molecule has 1 saturated carbocycles. The van der Waals surface area contributed by atoms with E-state index in [1.165, 1.54) is 18.6 Å². The van der Waals surface area contributed by atoms with Crippen LogP contribution in [0.3, 0.4) is 0 Å². The Morgan fingerprint density at radius 2 is 1.87 bits per heavy atom. The molecule has 1 heterocycles. The number of rotatable bonds is 8. The number of nitrogens with zero attached hydrogens (tertiary/aromatic N) is 2. The Balaban J connectivity index is 1.38. The Bertz CT molecular complexity index is 978. The third-order valence-corrected chi connectivity index (χ3v) is 5.75. The number of aromatic nitrogens is 2. The van der Waals surface area contributed by atoms with Crippen LogP contribution in [0, 0.1) is 11.7 Å². The second-order valence-corrected chi connectivity index (χ2v) is 7.85. The van der Waals surface area contributed by atoms with Crippen molar-refractivity contribution in [2.75, 3.05) is 13.2 Å². The maximum absolute atomic E-state index is 13.1. The first-order chi connectivity index (χ1) is 14.7. The zero-order valence-electron chi connectivity index (χ0n) is 17.1. The van der Waals surface area contributed by atoms with Crippen LogP contribution >= 0.6 is 0 Å². The maximum atomic E-state index is 13.1. The average molecular weight is 410 g/mol. The Kier molecular flexibility index (Phi) is 6.62. The van der Waals surface area contributed by atoms with Gasteiger partial charge in [0.05, 0.1) is 17.6 Å². The molecule has 1 fully saturated rings. The van der Waals surface area contributed by atoms with Crippen molar-refractivity contribution < 1.29 is 13.9 Å². The van der Waals surface area contributed by atoms with Gasteiger partial charge in [-0.15, -0.1) is 0 Å². The van der Waals surface area contributed by atoms with Crippen molar-refractivity contribution in [1.82, 2.24) is 14.9 Å². The van der Waals surface area contributed by atoms with E-state index in [2.05, 4.69) is 9.88 Å². The summed E-state index contributed by atoms with van der Waals surface area (Å²) in [5.41, 5.74) is 1.99. The van der Waals surface area contributed by atoms with Crippen molar-refractivity contribution in [3.05, 3.63) is 60.2 Å². The first kappa shape index (κ1) is 20.4. The van der Waals surface area contributed by atoms with E-state index in [1.807, 2.05) is 24.3 Å². The molecule has 0 unspecified atom stereocenters. The highest BCUT2D eigenvalue weighted by molar-refractivity contribution is 5.78. The molecule has 1 aliphatic carbocycles. The minimum atomic E-state index is -0.277. The molecule has 2 aromatic carbocycles. The molecule has 1 amide bonds. The molecule has 5 nitrogen and oxygen atoms in total. The highest BCUT2D eigenvalue weighted by Crippen LogP contribution is 2.23. The van der Waals surface area contributed by atoms with E-state index in [0.29, 0.717) is 31.9 Å². The molecular formula is C24H28FN3O2. The summed E-state index contributed by atoms with van der Waals surface area (Å²) in [4.78, 5) is 17.2. The Labute approximate surface area is 176 Å². The molecule has 0 spiro atoms. The van der Waals surface area contributed by atoms with Crippen molar-refractivity contribution in [3.8, 4) is 5.75 Å². The summed E-state index contributed by atoms with van der Waals surface area (Å²) in [6.45, 7) is 1.66. The Morgan fingerprint density at radius 3 is 2.67 bits per heavy atom. The predicted molar refractivity (Wildman–Crippen MR) is 115 cm³/mol. The molecule has 158 valence electrons. The van der Waals surface area contributed by atoms with E-state index in [4.69, 9.17) is 9.72 Å². The van der Waals surface area contributed by atoms with Gasteiger partial charge in [-0.2, -0.15) is 0 Å². The molecule has 0 radical (unpaired) electrons. The molecule has 1 aliphatic rings. The molecular weight excluding hydrogens is 381 g/mol. The molecule has 1 aromatic heterocycles. The highest BCUT2D eigenvalue weighted by Gasteiger charge is 2.20. The number of hydrogen-bond acceptors (Lipinski definition) is 3. The molecule has 0 bridgehead atoms. The van der Waals surface area contributed by atoms with Gasteiger partial charge in [-0.05, 0) is 49.2 Å². The molecule has 3 aromatic rings. The third kappa shape index (κ3) is 4.99. The van der Waals surface area contributed by atoms with Crippen LogP contribution in [0.1, 0.15) is 37.9 Å². The summed E-state index contributed by atoms with van der Waals surface area (Å²) in [6, 6.07) is 14.1. The van der Waals surface area contributed by atoms with Gasteiger partial charge in [-0.25, -0.2) is 9.37 Å². The monoisotopic (exact) mass is 409 g/mol. The number of fused-ring (bicyclic) bond motifs is 1. The van der Waals surface area contributed by atoms with Crippen molar-refractivity contribution >= 4 is 16.9 Å². The summed E-state index contributed by atoms with van der Waals surface area (Å²) in [7, 11) is 0. The van der Waals surface area contributed by atoms with Gasteiger partial charge in [0.25, 0.3) is 0 Å². The van der Waals surface area contributed by atoms with Crippen LogP contribution in [0.25, 0.3) is 11.0 Å². The topological polar surface area (TPSA) is 56.2 Å². The van der Waals surface area contributed by atoms with Crippen LogP contribution in [0.5, 0.6) is 5.75 Å². The summed E-state index contributed by atoms with van der Waals surface area (Å²) in [6.07, 6.45) is 6.23. The molecule has 6 heteroatoms. The highest BCUT2D eigenvalue weighted by atomic mass is 19.1. The molecule has 4 rings (SSSR count). The number of para-hydroxylation sites is 2. The molecule has 0 atom stereocenters. The van der Waals surface area contributed by atoms with Gasteiger partial charge in [-0.3, -0.25) is 4.79 Å². The summed E-state index contributed by atoms with van der Waals surface area (Å²) in [5, 5.41) is 3.10. The second-order valence-electron chi connectivity index (χ2n) is 7.85. The van der Waals surface area contributed by atoms with E-state index in [9.17, 15) is 9.18 Å². The number of hydrogen-bond donors (Lipinski definition) is 1. The maximum Gasteiger partial charge on any atom is 0.223 e. The first-order valence-corrected chi connectivity index (χ1v) is 10.8.